The van der Waals surface area contributed by atoms with E-state index in [-0.39, 0.29) is 0 Å². The minimum atomic E-state index is -0.720. The molecule has 1 aromatic carbocycles. The Morgan fingerprint density at radius 2 is 1.93 bits per heavy atom. The van der Waals surface area contributed by atoms with Gasteiger partial charge in [-0.05, 0) is 24.1 Å². The Balaban J connectivity index is 2.46. The van der Waals surface area contributed by atoms with Crippen LogP contribution in [0.2, 0.25) is 0 Å². The van der Waals surface area contributed by atoms with Gasteiger partial charge >= 0.3 is 0 Å². The first-order valence-electron chi connectivity index (χ1n) is 5.24. The summed E-state index contributed by atoms with van der Waals surface area (Å²) in [4.78, 5) is 0. The fourth-order valence-corrected chi connectivity index (χ4v) is 2.60. The lowest BCUT2D eigenvalue weighted by molar-refractivity contribution is 0.414. The molecule has 0 saturated carbocycles. The normalized spacial score (nSPS) is 12.4. The summed E-state index contributed by atoms with van der Waals surface area (Å²) in [5.41, 5.74) is 1.12. The average Bonchev–Trinajstić information content (AvgIpc) is 2.27. The predicted molar refractivity (Wildman–Crippen MR) is 64.6 cm³/mol. The van der Waals surface area contributed by atoms with Crippen LogP contribution >= 0.6 is 0 Å². The standard InChI is InChI=1S/C12H18O2S/c1-3-4-9-15(13)10-11-5-7-12(14-2)8-6-11/h5-8H,3-4,9-10H2,1-2H3. The first kappa shape index (κ1) is 12.2. The highest BCUT2D eigenvalue weighted by Crippen LogP contribution is 2.12. The zero-order valence-corrected chi connectivity index (χ0v) is 10.2. The van der Waals surface area contributed by atoms with Crippen molar-refractivity contribution in [2.75, 3.05) is 12.9 Å². The minimum Gasteiger partial charge on any atom is -0.497 e. The lowest BCUT2D eigenvalue weighted by atomic mass is 10.2. The maximum absolute atomic E-state index is 11.6. The van der Waals surface area contributed by atoms with Gasteiger partial charge in [-0.2, -0.15) is 0 Å². The number of hydrogen-bond acceptors (Lipinski definition) is 2. The van der Waals surface area contributed by atoms with Crippen LogP contribution in [0.1, 0.15) is 25.3 Å². The molecule has 3 heteroatoms. The third-order valence-electron chi connectivity index (χ3n) is 2.21. The van der Waals surface area contributed by atoms with Crippen molar-refractivity contribution in [3.8, 4) is 5.75 Å². The quantitative estimate of drug-likeness (QED) is 0.745. The van der Waals surface area contributed by atoms with Crippen molar-refractivity contribution in [2.24, 2.45) is 0 Å². The van der Waals surface area contributed by atoms with Crippen molar-refractivity contribution < 1.29 is 8.95 Å². The average molecular weight is 226 g/mol. The van der Waals surface area contributed by atoms with Crippen LogP contribution in [0.5, 0.6) is 5.75 Å². The van der Waals surface area contributed by atoms with E-state index in [9.17, 15) is 4.21 Å². The van der Waals surface area contributed by atoms with Gasteiger partial charge < -0.3 is 4.74 Å². The Morgan fingerprint density at radius 1 is 1.27 bits per heavy atom. The van der Waals surface area contributed by atoms with E-state index in [0.29, 0.717) is 5.75 Å². The van der Waals surface area contributed by atoms with Crippen LogP contribution in [-0.2, 0) is 16.6 Å². The van der Waals surface area contributed by atoms with Gasteiger partial charge in [0, 0.05) is 22.3 Å². The zero-order valence-electron chi connectivity index (χ0n) is 9.36. The molecule has 1 atom stereocenters. The third-order valence-corrected chi connectivity index (χ3v) is 3.61. The van der Waals surface area contributed by atoms with Crippen LogP contribution in [0.15, 0.2) is 24.3 Å². The fourth-order valence-electron chi connectivity index (χ4n) is 1.29. The molecule has 0 saturated heterocycles. The highest BCUT2D eigenvalue weighted by Gasteiger charge is 2.01. The number of hydrogen-bond donors (Lipinski definition) is 0. The number of ether oxygens (including phenoxy) is 1. The van der Waals surface area contributed by atoms with E-state index in [2.05, 4.69) is 6.92 Å². The molecule has 0 aromatic heterocycles. The van der Waals surface area contributed by atoms with Gasteiger partial charge in [-0.1, -0.05) is 25.5 Å². The van der Waals surface area contributed by atoms with Crippen LogP contribution < -0.4 is 4.74 Å². The molecule has 0 bridgehead atoms. The molecule has 0 N–H and O–H groups in total. The molecule has 0 heterocycles. The SMILES string of the molecule is CCCCS(=O)Cc1ccc(OC)cc1. The van der Waals surface area contributed by atoms with Crippen LogP contribution in [0.3, 0.4) is 0 Å². The smallest absolute Gasteiger partial charge is 0.118 e. The molecular formula is C12H18O2S. The summed E-state index contributed by atoms with van der Waals surface area (Å²) in [5.74, 6) is 2.31. The van der Waals surface area contributed by atoms with Crippen LogP contribution in [0.4, 0.5) is 0 Å². The van der Waals surface area contributed by atoms with E-state index >= 15 is 0 Å². The van der Waals surface area contributed by atoms with Gasteiger partial charge in [0.2, 0.25) is 0 Å². The van der Waals surface area contributed by atoms with Crippen molar-refractivity contribution in [1.82, 2.24) is 0 Å². The highest BCUT2D eigenvalue weighted by molar-refractivity contribution is 7.84. The number of unbranched alkanes of at least 4 members (excludes halogenated alkanes) is 1. The van der Waals surface area contributed by atoms with Crippen molar-refractivity contribution in [2.45, 2.75) is 25.5 Å². The van der Waals surface area contributed by atoms with Gasteiger partial charge in [0.25, 0.3) is 0 Å². The molecule has 1 aromatic rings. The molecule has 0 amide bonds. The Morgan fingerprint density at radius 3 is 2.47 bits per heavy atom. The van der Waals surface area contributed by atoms with Crippen molar-refractivity contribution in [3.63, 3.8) is 0 Å². The maximum atomic E-state index is 11.6. The summed E-state index contributed by atoms with van der Waals surface area (Å²) in [6.07, 6.45) is 2.15. The summed E-state index contributed by atoms with van der Waals surface area (Å²) in [6, 6.07) is 7.77. The molecule has 2 nitrogen and oxygen atoms in total. The van der Waals surface area contributed by atoms with E-state index in [1.54, 1.807) is 7.11 Å². The molecule has 0 aliphatic carbocycles. The minimum absolute atomic E-state index is 0.657. The molecule has 1 unspecified atom stereocenters. The molecule has 0 spiro atoms. The molecule has 0 aliphatic heterocycles. The van der Waals surface area contributed by atoms with Crippen LogP contribution in [0, 0.1) is 0 Å². The first-order chi connectivity index (χ1) is 7.26. The van der Waals surface area contributed by atoms with E-state index in [0.717, 1.165) is 29.9 Å². The highest BCUT2D eigenvalue weighted by atomic mass is 32.2. The molecular weight excluding hydrogens is 208 g/mol. The van der Waals surface area contributed by atoms with Gasteiger partial charge in [-0.25, -0.2) is 0 Å². The zero-order chi connectivity index (χ0) is 11.1. The van der Waals surface area contributed by atoms with Crippen molar-refractivity contribution in [1.29, 1.82) is 0 Å². The topological polar surface area (TPSA) is 26.3 Å². The second kappa shape index (κ2) is 6.62. The molecule has 0 fully saturated rings. The van der Waals surface area contributed by atoms with Crippen molar-refractivity contribution in [3.05, 3.63) is 29.8 Å². The predicted octanol–water partition coefficient (Wildman–Crippen LogP) is 2.74. The summed E-state index contributed by atoms with van der Waals surface area (Å²) in [7, 11) is 0.927. The molecule has 0 radical (unpaired) electrons. The Hall–Kier alpha value is -0.830. The van der Waals surface area contributed by atoms with E-state index in [1.807, 2.05) is 24.3 Å². The Labute approximate surface area is 94.1 Å². The molecule has 84 valence electrons. The first-order valence-corrected chi connectivity index (χ1v) is 6.73. The van der Waals surface area contributed by atoms with Gasteiger partial charge in [-0.15, -0.1) is 0 Å². The van der Waals surface area contributed by atoms with Gasteiger partial charge in [0.1, 0.15) is 5.75 Å². The van der Waals surface area contributed by atoms with E-state index in [4.69, 9.17) is 4.74 Å². The fraction of sp³-hybridized carbons (Fsp3) is 0.500. The Bertz CT molecular complexity index is 306. The largest absolute Gasteiger partial charge is 0.497 e. The van der Waals surface area contributed by atoms with Gasteiger partial charge in [0.15, 0.2) is 0 Å². The molecule has 0 aliphatic rings. The monoisotopic (exact) mass is 226 g/mol. The summed E-state index contributed by atoms with van der Waals surface area (Å²) < 4.78 is 16.7. The van der Waals surface area contributed by atoms with E-state index in [1.165, 1.54) is 0 Å². The maximum Gasteiger partial charge on any atom is 0.118 e. The van der Waals surface area contributed by atoms with Gasteiger partial charge in [0.05, 0.1) is 7.11 Å². The lowest BCUT2D eigenvalue weighted by Gasteiger charge is -2.03. The summed E-state index contributed by atoms with van der Waals surface area (Å²) >= 11 is 0. The lowest BCUT2D eigenvalue weighted by Crippen LogP contribution is -2.00. The van der Waals surface area contributed by atoms with Crippen LogP contribution in [-0.4, -0.2) is 17.1 Å². The summed E-state index contributed by atoms with van der Waals surface area (Å²) in [5, 5.41) is 0. The third kappa shape index (κ3) is 4.47. The second-order valence-corrected chi connectivity index (χ2v) is 5.07. The second-order valence-electron chi connectivity index (χ2n) is 3.49. The molecule has 1 rings (SSSR count). The van der Waals surface area contributed by atoms with Crippen LogP contribution in [0.25, 0.3) is 0 Å². The number of benzene rings is 1. The van der Waals surface area contributed by atoms with Crippen molar-refractivity contribution >= 4 is 10.8 Å². The summed E-state index contributed by atoms with van der Waals surface area (Å²) in [6.45, 7) is 2.12. The number of rotatable bonds is 6. The Kier molecular flexibility index (Phi) is 5.40. The van der Waals surface area contributed by atoms with Gasteiger partial charge in [-0.3, -0.25) is 4.21 Å². The van der Waals surface area contributed by atoms with E-state index < -0.39 is 10.8 Å². The number of methoxy groups -OCH3 is 1. The molecule has 15 heavy (non-hydrogen) atoms.